The average Bonchev–Trinajstić information content (AvgIpc) is 3.09. The molecule has 162 valence electrons. The lowest BCUT2D eigenvalue weighted by molar-refractivity contribution is -0.119. The molecule has 13 heteroatoms. The van der Waals surface area contributed by atoms with Crippen LogP contribution in [0.3, 0.4) is 0 Å². The van der Waals surface area contributed by atoms with Gasteiger partial charge < -0.3 is 4.74 Å². The Kier molecular flexibility index (Phi) is 5.47. The van der Waals surface area contributed by atoms with Gasteiger partial charge in [-0.1, -0.05) is 6.92 Å². The fraction of sp³-hybridized carbons (Fsp3) is 0.562. The van der Waals surface area contributed by atoms with Crippen LogP contribution >= 0.6 is 0 Å². The Bertz CT molecular complexity index is 1160. The van der Waals surface area contributed by atoms with Gasteiger partial charge in [0.15, 0.2) is 9.84 Å². The zero-order chi connectivity index (χ0) is 21.8. The van der Waals surface area contributed by atoms with Crippen LogP contribution in [0, 0.1) is 5.92 Å². The molecule has 29 heavy (non-hydrogen) atoms. The van der Waals surface area contributed by atoms with E-state index in [-0.39, 0.29) is 40.0 Å². The summed E-state index contributed by atoms with van der Waals surface area (Å²) >= 11 is 0. The molecule has 0 unspecified atom stereocenters. The summed E-state index contributed by atoms with van der Waals surface area (Å²) in [6, 6.07) is 2.90. The third-order valence-electron chi connectivity index (χ3n) is 5.12. The van der Waals surface area contributed by atoms with E-state index in [1.807, 2.05) is 0 Å². The normalized spacial score (nSPS) is 26.2. The lowest BCUT2D eigenvalue weighted by Crippen LogP contribution is -2.38. The summed E-state index contributed by atoms with van der Waals surface area (Å²) in [4.78, 5) is 12.0. The molecule has 0 N–H and O–H groups in total. The summed E-state index contributed by atoms with van der Waals surface area (Å²) in [5, 5.41) is 0. The van der Waals surface area contributed by atoms with Crippen LogP contribution in [0.4, 0.5) is 5.69 Å². The van der Waals surface area contributed by atoms with Crippen LogP contribution in [-0.2, 0) is 34.7 Å². The van der Waals surface area contributed by atoms with Gasteiger partial charge in [-0.05, 0) is 24.6 Å². The summed E-state index contributed by atoms with van der Waals surface area (Å²) in [7, 11) is -8.93. The smallest absolute Gasteiger partial charge is 0.246 e. The molecule has 2 heterocycles. The van der Waals surface area contributed by atoms with Crippen LogP contribution in [0.5, 0.6) is 5.75 Å². The molecule has 0 spiro atoms. The molecular weight excluding hydrogens is 444 g/mol. The first-order valence-electron chi connectivity index (χ1n) is 8.73. The summed E-state index contributed by atoms with van der Waals surface area (Å²) in [6.45, 7) is 1.48. The van der Waals surface area contributed by atoms with Crippen molar-refractivity contribution in [2.24, 2.45) is 5.92 Å². The number of hydrogen-bond acceptors (Lipinski definition) is 8. The number of ether oxygens (including phenoxy) is 1. The Morgan fingerprint density at radius 1 is 1.17 bits per heavy atom. The van der Waals surface area contributed by atoms with Gasteiger partial charge in [0.1, 0.15) is 10.6 Å². The van der Waals surface area contributed by atoms with Crippen LogP contribution in [0.15, 0.2) is 23.1 Å². The van der Waals surface area contributed by atoms with Crippen molar-refractivity contribution in [1.82, 2.24) is 4.31 Å². The maximum atomic E-state index is 13.2. The van der Waals surface area contributed by atoms with Gasteiger partial charge in [0.2, 0.25) is 26.0 Å². The zero-order valence-corrected chi connectivity index (χ0v) is 18.5. The molecule has 2 aliphatic heterocycles. The zero-order valence-electron chi connectivity index (χ0n) is 16.1. The number of rotatable bonds is 5. The number of carbonyl (C=O) groups excluding carboxylic acids is 1. The number of hydrogen-bond donors (Lipinski definition) is 0. The molecule has 1 aromatic rings. The minimum absolute atomic E-state index is 0.0430. The van der Waals surface area contributed by atoms with E-state index in [1.54, 1.807) is 0 Å². The second-order valence-corrected chi connectivity index (χ2v) is 13.3. The number of sulfonamides is 2. The predicted molar refractivity (Wildman–Crippen MR) is 105 cm³/mol. The summed E-state index contributed by atoms with van der Waals surface area (Å²) in [6.07, 6.45) is 0.163. The van der Waals surface area contributed by atoms with Gasteiger partial charge in [0.05, 0.1) is 36.0 Å². The molecule has 2 atom stereocenters. The van der Waals surface area contributed by atoms with Crippen molar-refractivity contribution in [2.75, 3.05) is 35.7 Å². The van der Waals surface area contributed by atoms with E-state index in [0.717, 1.165) is 10.4 Å². The van der Waals surface area contributed by atoms with Crippen LogP contribution in [0.1, 0.15) is 13.3 Å². The van der Waals surface area contributed by atoms with E-state index < -0.39 is 47.8 Å². The second kappa shape index (κ2) is 7.22. The molecule has 0 aromatic heterocycles. The lowest BCUT2D eigenvalue weighted by Gasteiger charge is -2.25. The van der Waals surface area contributed by atoms with Crippen LogP contribution in [-0.4, -0.2) is 72.9 Å². The molecule has 2 saturated heterocycles. The van der Waals surface area contributed by atoms with Gasteiger partial charge in [-0.25, -0.2) is 29.6 Å². The van der Waals surface area contributed by atoms with Gasteiger partial charge >= 0.3 is 0 Å². The number of carbonyl (C=O) groups is 1. The minimum Gasteiger partial charge on any atom is -0.495 e. The monoisotopic (exact) mass is 466 g/mol. The number of nitrogens with zero attached hydrogens (tertiary/aromatic N) is 2. The Morgan fingerprint density at radius 3 is 2.31 bits per heavy atom. The highest BCUT2D eigenvalue weighted by atomic mass is 32.2. The molecule has 1 aromatic carbocycles. The molecule has 0 bridgehead atoms. The van der Waals surface area contributed by atoms with Crippen molar-refractivity contribution in [3.63, 3.8) is 0 Å². The second-order valence-electron chi connectivity index (χ2n) is 7.20. The maximum absolute atomic E-state index is 13.2. The molecule has 0 aliphatic carbocycles. The molecular formula is C16H22N2O8S3. The van der Waals surface area contributed by atoms with Gasteiger partial charge in [-0.3, -0.25) is 4.79 Å². The highest BCUT2D eigenvalue weighted by Crippen LogP contribution is 2.36. The highest BCUT2D eigenvalue weighted by molar-refractivity contribution is 7.94. The van der Waals surface area contributed by atoms with E-state index in [0.29, 0.717) is 4.31 Å². The van der Waals surface area contributed by atoms with Crippen molar-refractivity contribution in [3.8, 4) is 5.75 Å². The van der Waals surface area contributed by atoms with Crippen molar-refractivity contribution in [3.05, 3.63) is 18.2 Å². The van der Waals surface area contributed by atoms with E-state index in [9.17, 15) is 30.0 Å². The van der Waals surface area contributed by atoms with E-state index in [1.165, 1.54) is 33.2 Å². The van der Waals surface area contributed by atoms with Crippen molar-refractivity contribution < 1.29 is 34.8 Å². The topological polar surface area (TPSA) is 135 Å². The highest BCUT2D eigenvalue weighted by Gasteiger charge is 2.43. The van der Waals surface area contributed by atoms with Crippen molar-refractivity contribution in [1.29, 1.82) is 0 Å². The third kappa shape index (κ3) is 3.88. The standard InChI is InChI=1S/C16H22N2O8S3/c1-11-9-28(22,23)18(16(11)19)12-4-5-14(26-3)15(8-12)29(24,25)17(2)13-6-7-27(20,21)10-13/h4-5,8,11,13H,6-7,9-10H2,1-3H3/t11-,13-/m1/s1. The first kappa shape index (κ1) is 22.0. The number of amides is 1. The van der Waals surface area contributed by atoms with Gasteiger partial charge in [-0.15, -0.1) is 0 Å². The number of benzene rings is 1. The Morgan fingerprint density at radius 2 is 1.83 bits per heavy atom. The largest absolute Gasteiger partial charge is 0.495 e. The predicted octanol–water partition coefficient (Wildman–Crippen LogP) is -0.185. The first-order chi connectivity index (χ1) is 13.3. The molecule has 2 aliphatic rings. The lowest BCUT2D eigenvalue weighted by atomic mass is 10.2. The molecule has 10 nitrogen and oxygen atoms in total. The summed E-state index contributed by atoms with van der Waals surface area (Å²) in [5.41, 5.74) is -0.105. The average molecular weight is 467 g/mol. The Labute approximate surface area is 170 Å². The van der Waals surface area contributed by atoms with Gasteiger partial charge in [0.25, 0.3) is 0 Å². The molecule has 2 fully saturated rings. The van der Waals surface area contributed by atoms with Crippen molar-refractivity contribution in [2.45, 2.75) is 24.3 Å². The number of methoxy groups -OCH3 is 1. The van der Waals surface area contributed by atoms with Crippen LogP contribution < -0.4 is 9.04 Å². The fourth-order valence-corrected chi connectivity index (χ4v) is 8.73. The molecule has 3 rings (SSSR count). The quantitative estimate of drug-likeness (QED) is 0.583. The van der Waals surface area contributed by atoms with Crippen LogP contribution in [0.25, 0.3) is 0 Å². The molecule has 1 amide bonds. The van der Waals surface area contributed by atoms with Gasteiger partial charge in [0, 0.05) is 13.1 Å². The molecule has 0 radical (unpaired) electrons. The fourth-order valence-electron chi connectivity index (χ4n) is 3.49. The summed E-state index contributed by atoms with van der Waals surface area (Å²) < 4.78 is 81.3. The van der Waals surface area contributed by atoms with Crippen LogP contribution in [0.2, 0.25) is 0 Å². The van der Waals surface area contributed by atoms with Crippen molar-refractivity contribution >= 4 is 41.5 Å². The Hall–Kier alpha value is -1.70. The number of sulfone groups is 1. The van der Waals surface area contributed by atoms with Gasteiger partial charge in [-0.2, -0.15) is 4.31 Å². The van der Waals surface area contributed by atoms with E-state index >= 15 is 0 Å². The van der Waals surface area contributed by atoms with E-state index in [4.69, 9.17) is 4.74 Å². The Balaban J connectivity index is 2.07. The first-order valence-corrected chi connectivity index (χ1v) is 13.6. The maximum Gasteiger partial charge on any atom is 0.246 e. The number of anilines is 1. The third-order valence-corrected chi connectivity index (χ3v) is 10.7. The minimum atomic E-state index is -4.22. The van der Waals surface area contributed by atoms with E-state index in [2.05, 4.69) is 0 Å². The SMILES string of the molecule is COc1ccc(N2C(=O)[C@H](C)CS2(=O)=O)cc1S(=O)(=O)N(C)[C@@H]1CCS(=O)(=O)C1. The molecule has 0 saturated carbocycles. The summed E-state index contributed by atoms with van der Waals surface area (Å²) in [5.74, 6) is -2.19.